The van der Waals surface area contributed by atoms with Gasteiger partial charge < -0.3 is 14.6 Å². The molecule has 1 atom stereocenters. The van der Waals surface area contributed by atoms with Crippen LogP contribution in [0.1, 0.15) is 17.3 Å². The molecule has 1 aromatic carbocycles. The minimum Gasteiger partial charge on any atom is -0.480 e. The number of aromatic nitrogens is 1. The van der Waals surface area contributed by atoms with Crippen LogP contribution in [0.15, 0.2) is 42.6 Å². The normalized spacial score (nSPS) is 13.9. The zero-order valence-corrected chi connectivity index (χ0v) is 11.2. The molecule has 0 bridgehead atoms. The molecule has 0 saturated heterocycles. The number of fused-ring (bicyclic) bond motifs is 1. The third-order valence-electron chi connectivity index (χ3n) is 3.19. The number of nitrogens with zero attached hydrogens (tertiary/aromatic N) is 1. The first-order valence-electron chi connectivity index (χ1n) is 6.49. The van der Waals surface area contributed by atoms with Crippen LogP contribution < -0.4 is 14.8 Å². The smallest absolute Gasteiger partial charge is 0.325 e. The molecule has 1 aromatic heterocycles. The van der Waals surface area contributed by atoms with Gasteiger partial charge in [0.05, 0.1) is 5.69 Å². The molecule has 108 valence electrons. The lowest BCUT2D eigenvalue weighted by Crippen LogP contribution is -2.28. The van der Waals surface area contributed by atoms with Crippen molar-refractivity contribution in [3.8, 4) is 11.5 Å². The van der Waals surface area contributed by atoms with E-state index in [1.807, 2.05) is 18.2 Å². The summed E-state index contributed by atoms with van der Waals surface area (Å²) < 4.78 is 10.5. The van der Waals surface area contributed by atoms with Gasteiger partial charge in [0.2, 0.25) is 6.79 Å². The van der Waals surface area contributed by atoms with E-state index >= 15 is 0 Å². The second kappa shape index (κ2) is 5.80. The minimum atomic E-state index is -0.954. The van der Waals surface area contributed by atoms with Crippen molar-refractivity contribution in [2.45, 2.75) is 12.6 Å². The van der Waals surface area contributed by atoms with Crippen molar-refractivity contribution in [1.82, 2.24) is 10.3 Å². The average molecular weight is 286 g/mol. The maximum Gasteiger partial charge on any atom is 0.325 e. The topological polar surface area (TPSA) is 80.7 Å². The summed E-state index contributed by atoms with van der Waals surface area (Å²) in [5.41, 5.74) is 1.40. The lowest BCUT2D eigenvalue weighted by atomic mass is 10.1. The van der Waals surface area contributed by atoms with Gasteiger partial charge in [0.1, 0.15) is 6.04 Å². The molecular formula is C15H14N2O4. The highest BCUT2D eigenvalue weighted by atomic mass is 16.7. The van der Waals surface area contributed by atoms with E-state index in [-0.39, 0.29) is 6.79 Å². The number of carboxylic acids is 1. The van der Waals surface area contributed by atoms with E-state index in [4.69, 9.17) is 9.47 Å². The molecule has 0 spiro atoms. The van der Waals surface area contributed by atoms with E-state index in [0.717, 1.165) is 5.69 Å². The second-order valence-corrected chi connectivity index (χ2v) is 4.59. The Hall–Kier alpha value is -2.60. The molecule has 21 heavy (non-hydrogen) atoms. The number of ether oxygens (including phenoxy) is 2. The summed E-state index contributed by atoms with van der Waals surface area (Å²) in [6, 6.07) is 9.81. The summed E-state index contributed by atoms with van der Waals surface area (Å²) in [4.78, 5) is 15.6. The molecule has 0 aliphatic carbocycles. The standard InChI is InChI=1S/C15H14N2O4/c18-15(19)14(17-8-11-3-1-2-6-16-11)10-4-5-12-13(7-10)21-9-20-12/h1-7,14,17H,8-9H2,(H,18,19). The highest BCUT2D eigenvalue weighted by molar-refractivity contribution is 5.76. The predicted molar refractivity (Wildman–Crippen MR) is 74.0 cm³/mol. The number of carboxylic acid groups (broad SMARTS) is 1. The van der Waals surface area contributed by atoms with E-state index in [2.05, 4.69) is 10.3 Å². The van der Waals surface area contributed by atoms with Crippen LogP contribution in [0.4, 0.5) is 0 Å². The number of carbonyl (C=O) groups is 1. The monoisotopic (exact) mass is 286 g/mol. The Labute approximate surface area is 121 Å². The van der Waals surface area contributed by atoms with E-state index in [1.54, 1.807) is 24.4 Å². The Morgan fingerprint density at radius 3 is 2.90 bits per heavy atom. The molecule has 6 nitrogen and oxygen atoms in total. The number of benzene rings is 1. The zero-order valence-electron chi connectivity index (χ0n) is 11.2. The van der Waals surface area contributed by atoms with Crippen molar-refractivity contribution in [1.29, 1.82) is 0 Å². The van der Waals surface area contributed by atoms with Gasteiger partial charge in [-0.1, -0.05) is 12.1 Å². The van der Waals surface area contributed by atoms with Gasteiger partial charge in [-0.15, -0.1) is 0 Å². The SMILES string of the molecule is O=C(O)C(NCc1ccccn1)c1ccc2c(c1)OCO2. The van der Waals surface area contributed by atoms with Crippen molar-refractivity contribution < 1.29 is 19.4 Å². The summed E-state index contributed by atoms with van der Waals surface area (Å²) in [5, 5.41) is 12.4. The Morgan fingerprint density at radius 2 is 2.14 bits per heavy atom. The third kappa shape index (κ3) is 2.95. The molecule has 3 rings (SSSR count). The Kier molecular flexibility index (Phi) is 3.70. The lowest BCUT2D eigenvalue weighted by molar-refractivity contribution is -0.139. The van der Waals surface area contributed by atoms with Gasteiger partial charge in [0.25, 0.3) is 0 Å². The number of aliphatic carboxylic acids is 1. The molecular weight excluding hydrogens is 272 g/mol. The molecule has 2 aromatic rings. The molecule has 1 unspecified atom stereocenters. The van der Waals surface area contributed by atoms with Gasteiger partial charge in [-0.3, -0.25) is 15.1 Å². The van der Waals surface area contributed by atoms with Crippen LogP contribution in [0.2, 0.25) is 0 Å². The van der Waals surface area contributed by atoms with E-state index in [0.29, 0.717) is 23.6 Å². The Balaban J connectivity index is 1.77. The van der Waals surface area contributed by atoms with Gasteiger partial charge in [0.15, 0.2) is 11.5 Å². The summed E-state index contributed by atoms with van der Waals surface area (Å²) in [7, 11) is 0. The number of rotatable bonds is 5. The average Bonchev–Trinajstić information content (AvgIpc) is 2.96. The molecule has 0 fully saturated rings. The van der Waals surface area contributed by atoms with Crippen LogP contribution in [-0.2, 0) is 11.3 Å². The van der Waals surface area contributed by atoms with Crippen molar-refractivity contribution in [2.75, 3.05) is 6.79 Å². The van der Waals surface area contributed by atoms with Crippen LogP contribution in [0.25, 0.3) is 0 Å². The largest absolute Gasteiger partial charge is 0.480 e. The van der Waals surface area contributed by atoms with Crippen LogP contribution in [0, 0.1) is 0 Å². The fourth-order valence-corrected chi connectivity index (χ4v) is 2.15. The molecule has 6 heteroatoms. The van der Waals surface area contributed by atoms with Crippen molar-refractivity contribution >= 4 is 5.97 Å². The van der Waals surface area contributed by atoms with Gasteiger partial charge in [-0.2, -0.15) is 0 Å². The van der Waals surface area contributed by atoms with E-state index in [9.17, 15) is 9.90 Å². The fraction of sp³-hybridized carbons (Fsp3) is 0.200. The Morgan fingerprint density at radius 1 is 1.29 bits per heavy atom. The fourth-order valence-electron chi connectivity index (χ4n) is 2.15. The molecule has 1 aliphatic heterocycles. The highest BCUT2D eigenvalue weighted by Gasteiger charge is 2.22. The van der Waals surface area contributed by atoms with E-state index < -0.39 is 12.0 Å². The number of hydrogen-bond acceptors (Lipinski definition) is 5. The molecule has 0 radical (unpaired) electrons. The molecule has 2 heterocycles. The summed E-state index contributed by atoms with van der Waals surface area (Å²) in [5.74, 6) is 0.246. The zero-order chi connectivity index (χ0) is 14.7. The molecule has 0 amide bonds. The highest BCUT2D eigenvalue weighted by Crippen LogP contribution is 2.34. The molecule has 1 aliphatic rings. The molecule has 2 N–H and O–H groups in total. The first kappa shape index (κ1) is 13.4. The van der Waals surface area contributed by atoms with Crippen molar-refractivity contribution in [3.05, 3.63) is 53.9 Å². The van der Waals surface area contributed by atoms with Gasteiger partial charge in [-0.05, 0) is 29.8 Å². The van der Waals surface area contributed by atoms with Crippen LogP contribution in [0.3, 0.4) is 0 Å². The number of pyridine rings is 1. The first-order chi connectivity index (χ1) is 10.2. The number of hydrogen-bond donors (Lipinski definition) is 2. The second-order valence-electron chi connectivity index (χ2n) is 4.59. The first-order valence-corrected chi connectivity index (χ1v) is 6.49. The maximum atomic E-state index is 11.5. The van der Waals surface area contributed by atoms with Gasteiger partial charge in [-0.25, -0.2) is 0 Å². The van der Waals surface area contributed by atoms with Gasteiger partial charge >= 0.3 is 5.97 Å². The maximum absolute atomic E-state index is 11.5. The Bertz CT molecular complexity index is 645. The third-order valence-corrected chi connectivity index (χ3v) is 3.19. The molecule has 0 saturated carbocycles. The van der Waals surface area contributed by atoms with Crippen molar-refractivity contribution in [3.63, 3.8) is 0 Å². The summed E-state index contributed by atoms with van der Waals surface area (Å²) in [6.07, 6.45) is 1.67. The minimum absolute atomic E-state index is 0.165. The quantitative estimate of drug-likeness (QED) is 0.871. The predicted octanol–water partition coefficient (Wildman–Crippen LogP) is 1.73. The lowest BCUT2D eigenvalue weighted by Gasteiger charge is -2.15. The summed E-state index contributed by atoms with van der Waals surface area (Å²) >= 11 is 0. The van der Waals surface area contributed by atoms with Crippen LogP contribution in [-0.4, -0.2) is 22.9 Å². The van der Waals surface area contributed by atoms with Crippen LogP contribution in [0.5, 0.6) is 11.5 Å². The van der Waals surface area contributed by atoms with E-state index in [1.165, 1.54) is 0 Å². The van der Waals surface area contributed by atoms with Crippen LogP contribution >= 0.6 is 0 Å². The van der Waals surface area contributed by atoms with Gasteiger partial charge in [0, 0.05) is 12.7 Å². The number of nitrogens with one attached hydrogen (secondary N) is 1. The van der Waals surface area contributed by atoms with Crippen molar-refractivity contribution in [2.24, 2.45) is 0 Å². The summed E-state index contributed by atoms with van der Waals surface area (Å²) in [6.45, 7) is 0.532.